The number of azo groups is 1. The summed E-state index contributed by atoms with van der Waals surface area (Å²) in [6, 6.07) is 0.0594. The van der Waals surface area contributed by atoms with Gasteiger partial charge in [-0.2, -0.15) is 10.2 Å². The van der Waals surface area contributed by atoms with Crippen LogP contribution in [0, 0.1) is 11.3 Å². The first-order valence-electron chi connectivity index (χ1n) is 14.8. The van der Waals surface area contributed by atoms with Crippen molar-refractivity contribution >= 4 is 11.8 Å². The molecule has 2 aliphatic carbocycles. The maximum Gasteiger partial charge on any atom is 0.230 e. The highest BCUT2D eigenvalue weighted by molar-refractivity contribution is 5.85. The molecule has 1 fully saturated rings. The first-order valence-corrected chi connectivity index (χ1v) is 14.8. The monoisotopic (exact) mass is 537 g/mol. The topological polar surface area (TPSA) is 78.6 Å². The van der Waals surface area contributed by atoms with Crippen LogP contribution in [0.5, 0.6) is 0 Å². The average Bonchev–Trinajstić information content (AvgIpc) is 3.08. The van der Waals surface area contributed by atoms with Gasteiger partial charge in [-0.05, 0) is 90.0 Å². The summed E-state index contributed by atoms with van der Waals surface area (Å²) in [6.45, 7) is 11.1. The van der Waals surface area contributed by atoms with Crippen LogP contribution in [0.25, 0.3) is 0 Å². The number of allylic oxidation sites excluding steroid dienone is 3. The van der Waals surface area contributed by atoms with Gasteiger partial charge in [-0.3, -0.25) is 14.7 Å². The molecule has 1 amide bonds. The lowest BCUT2D eigenvalue weighted by molar-refractivity contribution is -0.129. The Morgan fingerprint density at radius 1 is 1.23 bits per heavy atom. The lowest BCUT2D eigenvalue weighted by atomic mass is 9.66. The summed E-state index contributed by atoms with van der Waals surface area (Å²) >= 11 is 0. The van der Waals surface area contributed by atoms with E-state index in [2.05, 4.69) is 38.4 Å². The smallest absolute Gasteiger partial charge is 0.230 e. The fourth-order valence-corrected chi connectivity index (χ4v) is 6.48. The lowest BCUT2D eigenvalue weighted by Crippen LogP contribution is -2.50. The van der Waals surface area contributed by atoms with E-state index in [0.717, 1.165) is 75.2 Å². The van der Waals surface area contributed by atoms with Crippen molar-refractivity contribution in [2.75, 3.05) is 26.2 Å². The SMILES string of the molecule is CC(C)OC1=NC/C(=C2/N=NC3(C)C=CC(C)(C(=O)NC4CCCCN(CC5=C(F)C=CCC5)C4)CC23)CC1. The van der Waals surface area contributed by atoms with Gasteiger partial charge in [0.2, 0.25) is 5.91 Å². The minimum Gasteiger partial charge on any atom is -0.478 e. The van der Waals surface area contributed by atoms with Crippen molar-refractivity contribution in [3.05, 3.63) is 47.0 Å². The second kappa shape index (κ2) is 11.5. The van der Waals surface area contributed by atoms with Crippen molar-refractivity contribution in [1.29, 1.82) is 0 Å². The van der Waals surface area contributed by atoms with Gasteiger partial charge in [0.25, 0.3) is 0 Å². The van der Waals surface area contributed by atoms with Crippen LogP contribution in [0.2, 0.25) is 0 Å². The largest absolute Gasteiger partial charge is 0.478 e. The number of likely N-dealkylation sites (tertiary alicyclic amines) is 1. The molecule has 4 atom stereocenters. The van der Waals surface area contributed by atoms with Crippen LogP contribution in [0.15, 0.2) is 62.2 Å². The Hall–Kier alpha value is -2.61. The summed E-state index contributed by atoms with van der Waals surface area (Å²) in [5.41, 5.74) is 2.03. The molecule has 8 heteroatoms. The number of carbonyl (C=O) groups is 1. The molecule has 1 N–H and O–H groups in total. The molecule has 7 nitrogen and oxygen atoms in total. The highest BCUT2D eigenvalue weighted by Crippen LogP contribution is 2.50. The second-order valence-corrected chi connectivity index (χ2v) is 12.6. The van der Waals surface area contributed by atoms with Crippen molar-refractivity contribution in [2.24, 2.45) is 26.6 Å². The fourth-order valence-electron chi connectivity index (χ4n) is 6.48. The number of halogens is 1. The predicted octanol–water partition coefficient (Wildman–Crippen LogP) is 6.21. The normalized spacial score (nSPS) is 35.2. The Morgan fingerprint density at radius 3 is 2.82 bits per heavy atom. The Labute approximate surface area is 232 Å². The van der Waals surface area contributed by atoms with E-state index in [1.54, 1.807) is 6.08 Å². The van der Waals surface area contributed by atoms with Gasteiger partial charge in [0, 0.05) is 31.5 Å². The van der Waals surface area contributed by atoms with E-state index in [1.807, 2.05) is 32.9 Å². The third-order valence-electron chi connectivity index (χ3n) is 8.89. The first kappa shape index (κ1) is 27.9. The van der Waals surface area contributed by atoms with Gasteiger partial charge in [0.15, 0.2) is 5.90 Å². The predicted molar refractivity (Wildman–Crippen MR) is 152 cm³/mol. The zero-order valence-corrected chi connectivity index (χ0v) is 24.0. The Balaban J connectivity index is 1.26. The van der Waals surface area contributed by atoms with Crippen LogP contribution in [0.4, 0.5) is 4.39 Å². The summed E-state index contributed by atoms with van der Waals surface area (Å²) in [5.74, 6) is 0.843. The molecule has 0 aromatic heterocycles. The van der Waals surface area contributed by atoms with Crippen LogP contribution in [-0.4, -0.2) is 60.6 Å². The van der Waals surface area contributed by atoms with Gasteiger partial charge in [-0.1, -0.05) is 24.6 Å². The number of aliphatic imine (C=N–C) groups is 1. The minimum atomic E-state index is -0.644. The molecule has 0 aromatic carbocycles. The van der Waals surface area contributed by atoms with Gasteiger partial charge in [-0.15, -0.1) is 0 Å². The zero-order valence-electron chi connectivity index (χ0n) is 24.0. The van der Waals surface area contributed by atoms with Gasteiger partial charge in [0.05, 0.1) is 23.8 Å². The number of hydrogen-bond donors (Lipinski definition) is 1. The Bertz CT molecular complexity index is 1150. The molecule has 0 bridgehead atoms. The van der Waals surface area contributed by atoms with Crippen LogP contribution < -0.4 is 5.32 Å². The van der Waals surface area contributed by atoms with E-state index in [1.165, 1.54) is 5.57 Å². The standard InChI is InChI=1S/C31H44FN5O2/c1-21(2)39-27-13-12-22(18-33-27)28-25-17-30(3,14-15-31(25,4)36-35-28)29(38)34-24-10-7-8-16-37(20-24)19-23-9-5-6-11-26(23)32/h6,11,14-15,21,24-25H,5,7-10,12-13,16-20H2,1-4H3,(H,34,38)/b28-22+. The first-order chi connectivity index (χ1) is 18.6. The highest BCUT2D eigenvalue weighted by atomic mass is 19.1. The molecule has 0 radical (unpaired) electrons. The number of nitrogens with one attached hydrogen (secondary N) is 1. The summed E-state index contributed by atoms with van der Waals surface area (Å²) in [6.07, 6.45) is 14.8. The van der Waals surface area contributed by atoms with Crippen LogP contribution in [-0.2, 0) is 9.53 Å². The molecule has 5 aliphatic rings. The van der Waals surface area contributed by atoms with Crippen molar-refractivity contribution in [3.63, 3.8) is 0 Å². The van der Waals surface area contributed by atoms with Gasteiger partial charge in [0.1, 0.15) is 11.4 Å². The molecule has 4 unspecified atom stereocenters. The van der Waals surface area contributed by atoms with Crippen molar-refractivity contribution in [2.45, 2.75) is 96.7 Å². The fraction of sp³-hybridized carbons (Fsp3) is 0.677. The third kappa shape index (κ3) is 6.26. The number of amides is 1. The summed E-state index contributed by atoms with van der Waals surface area (Å²) in [7, 11) is 0. The number of hydrogen-bond acceptors (Lipinski definition) is 6. The molecule has 39 heavy (non-hydrogen) atoms. The van der Waals surface area contributed by atoms with E-state index in [9.17, 15) is 9.18 Å². The molecule has 0 spiro atoms. The van der Waals surface area contributed by atoms with E-state index in [-0.39, 0.29) is 29.8 Å². The second-order valence-electron chi connectivity index (χ2n) is 12.6. The van der Waals surface area contributed by atoms with E-state index in [0.29, 0.717) is 19.5 Å². The molecule has 0 saturated carbocycles. The summed E-state index contributed by atoms with van der Waals surface area (Å²) < 4.78 is 20.1. The number of fused-ring (bicyclic) bond motifs is 1. The molecular formula is C31H44FN5O2. The molecule has 212 valence electrons. The van der Waals surface area contributed by atoms with Gasteiger partial charge >= 0.3 is 0 Å². The number of rotatable bonds is 5. The van der Waals surface area contributed by atoms with Crippen LogP contribution in [0.3, 0.4) is 0 Å². The van der Waals surface area contributed by atoms with Crippen molar-refractivity contribution in [3.8, 4) is 0 Å². The quantitative estimate of drug-likeness (QED) is 0.424. The molecule has 3 aliphatic heterocycles. The molecule has 1 saturated heterocycles. The third-order valence-corrected chi connectivity index (χ3v) is 8.89. The van der Waals surface area contributed by atoms with Gasteiger partial charge in [-0.25, -0.2) is 4.39 Å². The number of nitrogens with zero attached hydrogens (tertiary/aromatic N) is 4. The van der Waals surface area contributed by atoms with E-state index >= 15 is 0 Å². The molecular weight excluding hydrogens is 493 g/mol. The maximum absolute atomic E-state index is 14.3. The van der Waals surface area contributed by atoms with E-state index < -0.39 is 11.0 Å². The van der Waals surface area contributed by atoms with Gasteiger partial charge < -0.3 is 10.1 Å². The van der Waals surface area contributed by atoms with Crippen molar-refractivity contribution in [1.82, 2.24) is 10.2 Å². The number of carbonyl (C=O) groups excluding carboxylic acids is 1. The number of ether oxygens (including phenoxy) is 1. The molecule has 0 aromatic rings. The zero-order chi connectivity index (χ0) is 27.6. The molecule has 3 heterocycles. The summed E-state index contributed by atoms with van der Waals surface area (Å²) in [5, 5.41) is 12.7. The van der Waals surface area contributed by atoms with E-state index in [4.69, 9.17) is 4.74 Å². The Morgan fingerprint density at radius 2 is 2.08 bits per heavy atom. The van der Waals surface area contributed by atoms with Crippen molar-refractivity contribution < 1.29 is 13.9 Å². The maximum atomic E-state index is 14.3. The highest BCUT2D eigenvalue weighted by Gasteiger charge is 2.50. The Kier molecular flexibility index (Phi) is 8.22. The average molecular weight is 538 g/mol. The minimum absolute atomic E-state index is 0.0518. The van der Waals surface area contributed by atoms with Crippen LogP contribution in [0.1, 0.15) is 79.1 Å². The van der Waals surface area contributed by atoms with Crippen LogP contribution >= 0.6 is 0 Å². The molecule has 5 rings (SSSR count). The lowest BCUT2D eigenvalue weighted by Gasteiger charge is -2.39. The summed E-state index contributed by atoms with van der Waals surface area (Å²) in [4.78, 5) is 20.8.